The number of aliphatic hydroxyl groups excluding tert-OH is 2. The molecule has 3 heteroatoms. The first-order valence-corrected chi connectivity index (χ1v) is 5.34. The first kappa shape index (κ1) is 10.5. The molecule has 82 valence electrons. The van der Waals surface area contributed by atoms with Crippen LogP contribution in [0.2, 0.25) is 0 Å². The topological polar surface area (TPSA) is 49.7 Å². The van der Waals surface area contributed by atoms with Crippen LogP contribution in [0.25, 0.3) is 0 Å². The van der Waals surface area contributed by atoms with Crippen LogP contribution in [0.3, 0.4) is 0 Å². The van der Waals surface area contributed by atoms with E-state index in [1.807, 2.05) is 24.3 Å². The summed E-state index contributed by atoms with van der Waals surface area (Å²) in [7, 11) is 0. The van der Waals surface area contributed by atoms with Gasteiger partial charge in [-0.15, -0.1) is 0 Å². The second-order valence-electron chi connectivity index (χ2n) is 3.96. The molecule has 1 aliphatic carbocycles. The average Bonchev–Trinajstić information content (AvgIpc) is 2.65. The molecule has 1 aromatic carbocycles. The molecule has 0 unspecified atom stereocenters. The van der Waals surface area contributed by atoms with Crippen LogP contribution in [0.1, 0.15) is 24.8 Å². The van der Waals surface area contributed by atoms with Gasteiger partial charge in [0.25, 0.3) is 0 Å². The van der Waals surface area contributed by atoms with E-state index >= 15 is 0 Å². The molecule has 0 aliphatic heterocycles. The average molecular weight is 208 g/mol. The van der Waals surface area contributed by atoms with Crippen LogP contribution >= 0.6 is 0 Å². The Morgan fingerprint density at radius 1 is 1.33 bits per heavy atom. The maximum atomic E-state index is 9.60. The van der Waals surface area contributed by atoms with Crippen LogP contribution in [-0.2, 0) is 6.61 Å². The predicted molar refractivity (Wildman–Crippen MR) is 56.6 cm³/mol. The molecule has 2 atom stereocenters. The SMILES string of the molecule is OCc1cccc(O[C@H]2CCC[C@@H]2O)c1. The lowest BCUT2D eigenvalue weighted by Crippen LogP contribution is -2.25. The smallest absolute Gasteiger partial charge is 0.124 e. The van der Waals surface area contributed by atoms with Gasteiger partial charge in [0, 0.05) is 0 Å². The molecule has 2 rings (SSSR count). The van der Waals surface area contributed by atoms with Crippen LogP contribution < -0.4 is 4.74 Å². The van der Waals surface area contributed by atoms with E-state index in [1.54, 1.807) is 0 Å². The van der Waals surface area contributed by atoms with E-state index in [0.717, 1.165) is 30.6 Å². The molecule has 2 N–H and O–H groups in total. The van der Waals surface area contributed by atoms with Crippen molar-refractivity contribution in [3.8, 4) is 5.75 Å². The Kier molecular flexibility index (Phi) is 3.23. The second-order valence-corrected chi connectivity index (χ2v) is 3.96. The summed E-state index contributed by atoms with van der Waals surface area (Å²) >= 11 is 0. The molecule has 3 nitrogen and oxygen atoms in total. The van der Waals surface area contributed by atoms with Crippen LogP contribution in [0.15, 0.2) is 24.3 Å². The highest BCUT2D eigenvalue weighted by Crippen LogP contribution is 2.25. The number of rotatable bonds is 3. The summed E-state index contributed by atoms with van der Waals surface area (Å²) < 4.78 is 5.67. The summed E-state index contributed by atoms with van der Waals surface area (Å²) in [6.07, 6.45) is 2.32. The third kappa shape index (κ3) is 2.49. The molecular weight excluding hydrogens is 192 g/mol. The van der Waals surface area contributed by atoms with Crippen molar-refractivity contribution in [2.75, 3.05) is 0 Å². The van der Waals surface area contributed by atoms with Crippen LogP contribution in [0.5, 0.6) is 5.75 Å². The summed E-state index contributed by atoms with van der Waals surface area (Å²) in [5, 5.41) is 18.6. The summed E-state index contributed by atoms with van der Waals surface area (Å²) in [6.45, 7) is 0.0183. The van der Waals surface area contributed by atoms with E-state index in [4.69, 9.17) is 9.84 Å². The standard InChI is InChI=1S/C12H16O3/c13-8-9-3-1-4-10(7-9)15-12-6-2-5-11(12)14/h1,3-4,7,11-14H,2,5-6,8H2/t11-,12-/m0/s1. The fourth-order valence-electron chi connectivity index (χ4n) is 1.94. The first-order chi connectivity index (χ1) is 7.29. The normalized spacial score (nSPS) is 25.5. The van der Waals surface area contributed by atoms with E-state index in [2.05, 4.69) is 0 Å². The van der Waals surface area contributed by atoms with E-state index in [1.165, 1.54) is 0 Å². The van der Waals surface area contributed by atoms with Gasteiger partial charge in [-0.25, -0.2) is 0 Å². The fraction of sp³-hybridized carbons (Fsp3) is 0.500. The Morgan fingerprint density at radius 3 is 2.87 bits per heavy atom. The van der Waals surface area contributed by atoms with Crippen molar-refractivity contribution in [3.63, 3.8) is 0 Å². The molecule has 1 aliphatic rings. The van der Waals surface area contributed by atoms with Crippen molar-refractivity contribution in [2.45, 2.75) is 38.1 Å². The van der Waals surface area contributed by atoms with Gasteiger partial charge in [-0.05, 0) is 37.0 Å². The lowest BCUT2D eigenvalue weighted by Gasteiger charge is -2.17. The maximum Gasteiger partial charge on any atom is 0.124 e. The minimum atomic E-state index is -0.345. The third-order valence-corrected chi connectivity index (χ3v) is 2.79. The first-order valence-electron chi connectivity index (χ1n) is 5.34. The molecule has 1 saturated carbocycles. The zero-order valence-electron chi connectivity index (χ0n) is 8.60. The minimum Gasteiger partial charge on any atom is -0.488 e. The van der Waals surface area contributed by atoms with Crippen molar-refractivity contribution in [3.05, 3.63) is 29.8 Å². The number of benzene rings is 1. The van der Waals surface area contributed by atoms with Gasteiger partial charge in [-0.1, -0.05) is 12.1 Å². The third-order valence-electron chi connectivity index (χ3n) is 2.79. The zero-order valence-corrected chi connectivity index (χ0v) is 8.60. The van der Waals surface area contributed by atoms with Gasteiger partial charge in [-0.2, -0.15) is 0 Å². The molecule has 0 spiro atoms. The van der Waals surface area contributed by atoms with E-state index in [9.17, 15) is 5.11 Å². The lowest BCUT2D eigenvalue weighted by atomic mass is 10.2. The van der Waals surface area contributed by atoms with Crippen molar-refractivity contribution in [1.82, 2.24) is 0 Å². The van der Waals surface area contributed by atoms with Gasteiger partial charge in [0.15, 0.2) is 0 Å². The fourth-order valence-corrected chi connectivity index (χ4v) is 1.94. The van der Waals surface area contributed by atoms with Gasteiger partial charge in [0.05, 0.1) is 12.7 Å². The predicted octanol–water partition coefficient (Wildman–Crippen LogP) is 1.47. The van der Waals surface area contributed by atoms with Crippen molar-refractivity contribution < 1.29 is 14.9 Å². The molecule has 1 fully saturated rings. The molecule has 0 heterocycles. The van der Waals surface area contributed by atoms with Gasteiger partial charge in [0.2, 0.25) is 0 Å². The monoisotopic (exact) mass is 208 g/mol. The number of ether oxygens (including phenoxy) is 1. The molecule has 0 aromatic heterocycles. The number of hydrogen-bond acceptors (Lipinski definition) is 3. The molecule has 0 amide bonds. The second kappa shape index (κ2) is 4.64. The van der Waals surface area contributed by atoms with Gasteiger partial charge in [0.1, 0.15) is 11.9 Å². The summed E-state index contributed by atoms with van der Waals surface area (Å²) in [5.74, 6) is 0.729. The van der Waals surface area contributed by atoms with Gasteiger partial charge in [-0.3, -0.25) is 0 Å². The van der Waals surface area contributed by atoms with E-state index < -0.39 is 0 Å². The van der Waals surface area contributed by atoms with Crippen molar-refractivity contribution >= 4 is 0 Å². The Morgan fingerprint density at radius 2 is 2.20 bits per heavy atom. The molecule has 0 saturated heterocycles. The largest absolute Gasteiger partial charge is 0.488 e. The summed E-state index contributed by atoms with van der Waals surface area (Å²) in [4.78, 5) is 0. The minimum absolute atomic E-state index is 0.0183. The Labute approximate surface area is 89.3 Å². The quantitative estimate of drug-likeness (QED) is 0.790. The molecule has 15 heavy (non-hydrogen) atoms. The molecule has 1 aromatic rings. The van der Waals surface area contributed by atoms with Crippen LogP contribution in [-0.4, -0.2) is 22.4 Å². The van der Waals surface area contributed by atoms with Gasteiger partial charge < -0.3 is 14.9 Å². The highest BCUT2D eigenvalue weighted by Gasteiger charge is 2.26. The zero-order chi connectivity index (χ0) is 10.7. The van der Waals surface area contributed by atoms with Crippen molar-refractivity contribution in [1.29, 1.82) is 0 Å². The number of aliphatic hydroxyl groups is 2. The molecule has 0 radical (unpaired) electrons. The highest BCUT2D eigenvalue weighted by molar-refractivity contribution is 5.28. The van der Waals surface area contributed by atoms with E-state index in [-0.39, 0.29) is 18.8 Å². The Hall–Kier alpha value is -1.06. The van der Waals surface area contributed by atoms with Gasteiger partial charge >= 0.3 is 0 Å². The summed E-state index contributed by atoms with van der Waals surface area (Å²) in [5.41, 5.74) is 0.833. The number of hydrogen-bond donors (Lipinski definition) is 2. The summed E-state index contributed by atoms with van der Waals surface area (Å²) in [6, 6.07) is 7.36. The van der Waals surface area contributed by atoms with Crippen LogP contribution in [0.4, 0.5) is 0 Å². The highest BCUT2D eigenvalue weighted by atomic mass is 16.5. The molecular formula is C12H16O3. The Bertz CT molecular complexity index is 324. The van der Waals surface area contributed by atoms with Crippen molar-refractivity contribution in [2.24, 2.45) is 0 Å². The maximum absolute atomic E-state index is 9.60. The lowest BCUT2D eigenvalue weighted by molar-refractivity contribution is 0.0603. The van der Waals surface area contributed by atoms with E-state index in [0.29, 0.717) is 0 Å². The molecule has 0 bridgehead atoms. The van der Waals surface area contributed by atoms with Crippen LogP contribution in [0, 0.1) is 0 Å². The Balaban J connectivity index is 2.03.